The number of halogens is 1. The molecule has 0 aliphatic carbocycles. The SMILES string of the molecule is COc1cccc(-c2cc(C(=O)Nc3ccc4c(c3)OCO4)c3cc(Br)ccc3n2)c1. The average molecular weight is 477 g/mol. The number of benzene rings is 3. The van der Waals surface area contributed by atoms with E-state index in [2.05, 4.69) is 21.2 Å². The first kappa shape index (κ1) is 19.4. The highest BCUT2D eigenvalue weighted by molar-refractivity contribution is 9.10. The van der Waals surface area contributed by atoms with Gasteiger partial charge in [-0.2, -0.15) is 0 Å². The minimum Gasteiger partial charge on any atom is -0.497 e. The lowest BCUT2D eigenvalue weighted by Crippen LogP contribution is -2.13. The van der Waals surface area contributed by atoms with E-state index in [1.54, 1.807) is 31.4 Å². The van der Waals surface area contributed by atoms with Crippen molar-refractivity contribution in [3.63, 3.8) is 0 Å². The predicted octanol–water partition coefficient (Wildman–Crippen LogP) is 5.65. The standard InChI is InChI=1S/C24H17BrN2O4/c1-29-17-4-2-3-14(9-17)21-12-19(18-10-15(25)5-7-20(18)27-21)24(28)26-16-6-8-22-23(11-16)31-13-30-22/h2-12H,13H2,1H3,(H,26,28). The molecule has 2 heterocycles. The van der Waals surface area contributed by atoms with Gasteiger partial charge in [-0.3, -0.25) is 4.79 Å². The zero-order valence-corrected chi connectivity index (χ0v) is 18.1. The van der Waals surface area contributed by atoms with Crippen molar-refractivity contribution in [1.82, 2.24) is 4.98 Å². The van der Waals surface area contributed by atoms with Crippen LogP contribution in [0.5, 0.6) is 17.2 Å². The van der Waals surface area contributed by atoms with E-state index in [0.717, 1.165) is 26.7 Å². The Morgan fingerprint density at radius 2 is 1.90 bits per heavy atom. The summed E-state index contributed by atoms with van der Waals surface area (Å²) < 4.78 is 17.0. The van der Waals surface area contributed by atoms with Crippen molar-refractivity contribution in [2.45, 2.75) is 0 Å². The Morgan fingerprint density at radius 1 is 1.03 bits per heavy atom. The van der Waals surface area contributed by atoms with E-state index in [-0.39, 0.29) is 12.7 Å². The topological polar surface area (TPSA) is 69.7 Å². The molecule has 0 saturated carbocycles. The van der Waals surface area contributed by atoms with Crippen molar-refractivity contribution in [2.75, 3.05) is 19.2 Å². The number of carbonyl (C=O) groups excluding carboxylic acids is 1. The third kappa shape index (κ3) is 3.80. The number of fused-ring (bicyclic) bond motifs is 2. The summed E-state index contributed by atoms with van der Waals surface area (Å²) in [6, 6.07) is 20.4. The molecule has 0 bridgehead atoms. The predicted molar refractivity (Wildman–Crippen MR) is 122 cm³/mol. The molecule has 7 heteroatoms. The number of pyridine rings is 1. The summed E-state index contributed by atoms with van der Waals surface area (Å²) in [6.45, 7) is 0.180. The number of hydrogen-bond acceptors (Lipinski definition) is 5. The fraction of sp³-hybridized carbons (Fsp3) is 0.0833. The molecule has 1 aromatic heterocycles. The van der Waals surface area contributed by atoms with Crippen LogP contribution in [0, 0.1) is 0 Å². The smallest absolute Gasteiger partial charge is 0.256 e. The Kier molecular flexibility index (Phi) is 4.95. The van der Waals surface area contributed by atoms with Crippen LogP contribution < -0.4 is 19.5 Å². The molecular formula is C24H17BrN2O4. The van der Waals surface area contributed by atoms with Gasteiger partial charge in [-0.05, 0) is 48.5 Å². The highest BCUT2D eigenvalue weighted by atomic mass is 79.9. The van der Waals surface area contributed by atoms with E-state index in [1.807, 2.05) is 42.5 Å². The van der Waals surface area contributed by atoms with E-state index >= 15 is 0 Å². The molecule has 1 N–H and O–H groups in total. The van der Waals surface area contributed by atoms with Crippen LogP contribution in [0.4, 0.5) is 5.69 Å². The van der Waals surface area contributed by atoms with Gasteiger partial charge in [0.05, 0.1) is 23.9 Å². The van der Waals surface area contributed by atoms with Gasteiger partial charge >= 0.3 is 0 Å². The van der Waals surface area contributed by atoms with Gasteiger partial charge in [0, 0.05) is 27.2 Å². The third-order valence-electron chi connectivity index (χ3n) is 5.01. The van der Waals surface area contributed by atoms with Gasteiger partial charge in [0.15, 0.2) is 11.5 Å². The summed E-state index contributed by atoms with van der Waals surface area (Å²) in [6.07, 6.45) is 0. The number of amides is 1. The normalized spacial score (nSPS) is 12.1. The first-order valence-corrected chi connectivity index (χ1v) is 10.4. The number of hydrogen-bond donors (Lipinski definition) is 1. The van der Waals surface area contributed by atoms with Gasteiger partial charge in [-0.15, -0.1) is 0 Å². The minimum atomic E-state index is -0.242. The first-order chi connectivity index (χ1) is 15.1. The lowest BCUT2D eigenvalue weighted by atomic mass is 10.0. The second kappa shape index (κ2) is 7.92. The maximum absolute atomic E-state index is 13.3. The number of methoxy groups -OCH3 is 1. The van der Waals surface area contributed by atoms with E-state index in [0.29, 0.717) is 28.4 Å². The minimum absolute atomic E-state index is 0.180. The fourth-order valence-electron chi connectivity index (χ4n) is 3.49. The van der Waals surface area contributed by atoms with Crippen LogP contribution in [-0.2, 0) is 0 Å². The van der Waals surface area contributed by atoms with Crippen molar-refractivity contribution >= 4 is 38.4 Å². The Hall–Kier alpha value is -3.58. The molecule has 0 radical (unpaired) electrons. The zero-order chi connectivity index (χ0) is 21.4. The number of anilines is 1. The summed E-state index contributed by atoms with van der Waals surface area (Å²) in [5.74, 6) is 1.75. The van der Waals surface area contributed by atoms with Crippen molar-refractivity contribution in [1.29, 1.82) is 0 Å². The molecule has 0 atom stereocenters. The molecule has 0 saturated heterocycles. The molecule has 0 fully saturated rings. The number of rotatable bonds is 4. The number of ether oxygens (including phenoxy) is 3. The van der Waals surface area contributed by atoms with Crippen molar-refractivity contribution < 1.29 is 19.0 Å². The molecule has 3 aromatic carbocycles. The Morgan fingerprint density at radius 3 is 2.77 bits per heavy atom. The quantitative estimate of drug-likeness (QED) is 0.411. The summed E-state index contributed by atoms with van der Waals surface area (Å²) in [4.78, 5) is 18.1. The largest absolute Gasteiger partial charge is 0.497 e. The lowest BCUT2D eigenvalue weighted by molar-refractivity contribution is 0.102. The monoisotopic (exact) mass is 476 g/mol. The molecule has 1 aliphatic heterocycles. The maximum Gasteiger partial charge on any atom is 0.256 e. The third-order valence-corrected chi connectivity index (χ3v) is 5.50. The molecule has 0 unspecified atom stereocenters. The zero-order valence-electron chi connectivity index (χ0n) is 16.5. The summed E-state index contributed by atoms with van der Waals surface area (Å²) in [5, 5.41) is 3.71. The van der Waals surface area contributed by atoms with E-state index < -0.39 is 0 Å². The maximum atomic E-state index is 13.3. The van der Waals surface area contributed by atoms with Crippen LogP contribution in [0.2, 0.25) is 0 Å². The lowest BCUT2D eigenvalue weighted by Gasteiger charge is -2.12. The van der Waals surface area contributed by atoms with Crippen molar-refractivity contribution in [2.24, 2.45) is 0 Å². The van der Waals surface area contributed by atoms with Crippen LogP contribution in [0.25, 0.3) is 22.2 Å². The van der Waals surface area contributed by atoms with Gasteiger partial charge in [0.1, 0.15) is 5.75 Å². The van der Waals surface area contributed by atoms with Crippen LogP contribution >= 0.6 is 15.9 Å². The van der Waals surface area contributed by atoms with E-state index in [1.165, 1.54) is 0 Å². The molecular weight excluding hydrogens is 460 g/mol. The van der Waals surface area contributed by atoms with Crippen molar-refractivity contribution in [3.05, 3.63) is 76.8 Å². The Balaban J connectivity index is 1.58. The van der Waals surface area contributed by atoms with Gasteiger partial charge in [0.2, 0.25) is 6.79 Å². The number of nitrogens with zero attached hydrogens (tertiary/aromatic N) is 1. The molecule has 0 spiro atoms. The van der Waals surface area contributed by atoms with Gasteiger partial charge in [0.25, 0.3) is 5.91 Å². The molecule has 1 amide bonds. The van der Waals surface area contributed by atoms with Gasteiger partial charge < -0.3 is 19.5 Å². The Labute approximate surface area is 186 Å². The first-order valence-electron chi connectivity index (χ1n) is 9.56. The molecule has 31 heavy (non-hydrogen) atoms. The Bertz CT molecular complexity index is 1320. The fourth-order valence-corrected chi connectivity index (χ4v) is 3.85. The molecule has 1 aliphatic rings. The number of nitrogens with one attached hydrogen (secondary N) is 1. The van der Waals surface area contributed by atoms with Crippen LogP contribution in [0.15, 0.2) is 71.2 Å². The highest BCUT2D eigenvalue weighted by Crippen LogP contribution is 2.35. The van der Waals surface area contributed by atoms with E-state index in [4.69, 9.17) is 19.2 Å². The second-order valence-corrected chi connectivity index (χ2v) is 7.89. The van der Waals surface area contributed by atoms with Gasteiger partial charge in [-0.25, -0.2) is 4.98 Å². The summed E-state index contributed by atoms with van der Waals surface area (Å²) in [7, 11) is 1.62. The molecule has 5 rings (SSSR count). The average Bonchev–Trinajstić information content (AvgIpc) is 3.26. The second-order valence-electron chi connectivity index (χ2n) is 6.97. The highest BCUT2D eigenvalue weighted by Gasteiger charge is 2.18. The number of carbonyl (C=O) groups is 1. The van der Waals surface area contributed by atoms with Crippen molar-refractivity contribution in [3.8, 4) is 28.5 Å². The molecule has 6 nitrogen and oxygen atoms in total. The van der Waals surface area contributed by atoms with Crippen LogP contribution in [-0.4, -0.2) is 24.8 Å². The molecule has 154 valence electrons. The summed E-state index contributed by atoms with van der Waals surface area (Å²) in [5.41, 5.74) is 3.41. The summed E-state index contributed by atoms with van der Waals surface area (Å²) >= 11 is 3.49. The van der Waals surface area contributed by atoms with Crippen LogP contribution in [0.3, 0.4) is 0 Å². The van der Waals surface area contributed by atoms with Gasteiger partial charge in [-0.1, -0.05) is 28.1 Å². The van der Waals surface area contributed by atoms with Crippen LogP contribution in [0.1, 0.15) is 10.4 Å². The molecule has 4 aromatic rings. The van der Waals surface area contributed by atoms with E-state index in [9.17, 15) is 4.79 Å². The number of aromatic nitrogens is 1.